The Morgan fingerprint density at radius 2 is 1.46 bits per heavy atom. The van der Waals surface area contributed by atoms with Crippen molar-refractivity contribution in [3.63, 3.8) is 0 Å². The summed E-state index contributed by atoms with van der Waals surface area (Å²) >= 11 is 0. The number of likely N-dealkylation sites (N-methyl/N-ethyl adjacent to an activating group) is 2. The number of benzene rings is 2. The van der Waals surface area contributed by atoms with Crippen molar-refractivity contribution in [3.05, 3.63) is 82.9 Å². The molecule has 2 aromatic carbocycles. The summed E-state index contributed by atoms with van der Waals surface area (Å²) in [6, 6.07) is 13.0. The molecule has 0 aliphatic heterocycles. The molecule has 3 atom stereocenters. The molecular formula is C39H54F3N5O6S. The Morgan fingerprint density at radius 3 is 1.93 bits per heavy atom. The third-order valence-electron chi connectivity index (χ3n) is 9.92. The van der Waals surface area contributed by atoms with E-state index >= 15 is 0 Å². The predicted octanol–water partition coefficient (Wildman–Crippen LogP) is 4.83. The van der Waals surface area contributed by atoms with Gasteiger partial charge in [-0.15, -0.1) is 0 Å². The van der Waals surface area contributed by atoms with Gasteiger partial charge >= 0.3 is 12.1 Å². The van der Waals surface area contributed by atoms with Crippen LogP contribution in [0.3, 0.4) is 0 Å². The zero-order chi connectivity index (χ0) is 41.0. The summed E-state index contributed by atoms with van der Waals surface area (Å²) in [6.07, 6.45) is -2.90. The number of hydrogen-bond acceptors (Lipinski definition) is 7. The standard InChI is InChI=1S/C39H54F3N5O6S/c1-24(2)29(47(10)34(50)31(36(4,5)6)44-33(49)30(43-9)37(7,8)27-14-12-11-13-15-27)22-25(3)32(48)46-54(52,53)23-26-16-18-28(19-17-26)38(20-21-38)45-35(51)39(40,41)42/h11-19,22,24,29-31,43H,20-21,23H2,1-10H3,(H,44,49)(H,45,51)(H,46,48)/b25-22+/t29-,30-,31-/m1/s1. The fourth-order valence-electron chi connectivity index (χ4n) is 6.46. The summed E-state index contributed by atoms with van der Waals surface area (Å²) in [4.78, 5) is 54.1. The summed E-state index contributed by atoms with van der Waals surface area (Å²) in [7, 11) is -0.962. The Kier molecular flexibility index (Phi) is 13.6. The number of sulfonamides is 1. The van der Waals surface area contributed by atoms with E-state index in [4.69, 9.17) is 0 Å². The second-order valence-electron chi connectivity index (χ2n) is 16.1. The topological polar surface area (TPSA) is 154 Å². The predicted molar refractivity (Wildman–Crippen MR) is 201 cm³/mol. The zero-order valence-corrected chi connectivity index (χ0v) is 33.5. The Balaban J connectivity index is 1.74. The SMILES string of the molecule is CN[C@H](C(=O)N[C@H](C(=O)N(C)[C@H](/C=C(\C)C(=O)NS(=O)(=O)Cc1ccc(C2(NC(=O)C(F)(F)F)CC2)cc1)C(C)C)C(C)(C)C)C(C)(C)c1ccccc1. The molecule has 1 saturated carbocycles. The number of halogens is 3. The van der Waals surface area contributed by atoms with Crippen LogP contribution in [0, 0.1) is 11.3 Å². The van der Waals surface area contributed by atoms with E-state index in [2.05, 4.69) is 15.4 Å². The highest BCUT2D eigenvalue weighted by molar-refractivity contribution is 7.89. The third-order valence-corrected chi connectivity index (χ3v) is 11.1. The van der Waals surface area contributed by atoms with Crippen molar-refractivity contribution in [1.29, 1.82) is 0 Å². The second-order valence-corrected chi connectivity index (χ2v) is 17.8. The number of carbonyl (C=O) groups excluding carboxylic acids is 4. The fraction of sp³-hybridized carbons (Fsp3) is 0.538. The van der Waals surface area contributed by atoms with Gasteiger partial charge in [-0.2, -0.15) is 13.2 Å². The van der Waals surface area contributed by atoms with E-state index in [1.165, 1.54) is 42.2 Å². The van der Waals surface area contributed by atoms with Gasteiger partial charge in [0.05, 0.1) is 23.4 Å². The lowest BCUT2D eigenvalue weighted by Gasteiger charge is -2.40. The van der Waals surface area contributed by atoms with E-state index in [9.17, 15) is 40.8 Å². The molecule has 1 aliphatic carbocycles. The van der Waals surface area contributed by atoms with Crippen molar-refractivity contribution in [2.24, 2.45) is 11.3 Å². The van der Waals surface area contributed by atoms with Gasteiger partial charge < -0.3 is 20.9 Å². The van der Waals surface area contributed by atoms with Crippen LogP contribution < -0.4 is 20.7 Å². The summed E-state index contributed by atoms with van der Waals surface area (Å²) < 4.78 is 66.5. The van der Waals surface area contributed by atoms with Crippen molar-refractivity contribution in [2.75, 3.05) is 14.1 Å². The lowest BCUT2D eigenvalue weighted by atomic mass is 9.76. The molecule has 15 heteroatoms. The number of carbonyl (C=O) groups is 4. The van der Waals surface area contributed by atoms with Crippen molar-refractivity contribution >= 4 is 33.7 Å². The average molecular weight is 778 g/mol. The molecule has 4 N–H and O–H groups in total. The number of hydrogen-bond donors (Lipinski definition) is 4. The van der Waals surface area contributed by atoms with Crippen molar-refractivity contribution in [2.45, 2.75) is 109 Å². The van der Waals surface area contributed by atoms with Gasteiger partial charge in [-0.1, -0.05) is 109 Å². The number of amides is 4. The molecule has 3 rings (SSSR count). The smallest absolute Gasteiger partial charge is 0.342 e. The van der Waals surface area contributed by atoms with Crippen LogP contribution in [0.5, 0.6) is 0 Å². The maximum absolute atomic E-state index is 14.2. The van der Waals surface area contributed by atoms with E-state index < -0.39 is 74.2 Å². The van der Waals surface area contributed by atoms with E-state index in [1.807, 2.05) is 84.1 Å². The van der Waals surface area contributed by atoms with Crippen LogP contribution in [0.2, 0.25) is 0 Å². The minimum Gasteiger partial charge on any atom is -0.342 e. The van der Waals surface area contributed by atoms with Crippen molar-refractivity contribution in [3.8, 4) is 0 Å². The second kappa shape index (κ2) is 16.6. The number of nitrogens with one attached hydrogen (secondary N) is 4. The molecule has 0 bridgehead atoms. The first-order valence-corrected chi connectivity index (χ1v) is 19.4. The molecule has 54 heavy (non-hydrogen) atoms. The molecule has 0 unspecified atom stereocenters. The Bertz CT molecular complexity index is 1820. The van der Waals surface area contributed by atoms with Crippen LogP contribution >= 0.6 is 0 Å². The van der Waals surface area contributed by atoms with Gasteiger partial charge in [-0.25, -0.2) is 13.1 Å². The minimum atomic E-state index is -5.03. The van der Waals surface area contributed by atoms with E-state index in [-0.39, 0.29) is 23.0 Å². The Labute approximate surface area is 317 Å². The lowest BCUT2D eigenvalue weighted by Crippen LogP contribution is -2.61. The number of nitrogens with zero attached hydrogens (tertiary/aromatic N) is 1. The first-order chi connectivity index (χ1) is 24.8. The Morgan fingerprint density at radius 1 is 0.907 bits per heavy atom. The number of rotatable bonds is 15. The zero-order valence-electron chi connectivity index (χ0n) is 32.6. The molecule has 298 valence electrons. The van der Waals surface area contributed by atoms with Crippen LogP contribution in [-0.4, -0.2) is 75.3 Å². The van der Waals surface area contributed by atoms with Crippen LogP contribution in [-0.2, 0) is 45.9 Å². The van der Waals surface area contributed by atoms with Crippen LogP contribution in [0.4, 0.5) is 13.2 Å². The van der Waals surface area contributed by atoms with Gasteiger partial charge in [-0.05, 0) is 54.8 Å². The van der Waals surface area contributed by atoms with Gasteiger partial charge in [0.25, 0.3) is 5.91 Å². The monoisotopic (exact) mass is 777 g/mol. The highest BCUT2D eigenvalue weighted by Crippen LogP contribution is 2.46. The van der Waals surface area contributed by atoms with E-state index in [0.717, 1.165) is 5.56 Å². The molecule has 2 aromatic rings. The summed E-state index contributed by atoms with van der Waals surface area (Å²) in [5.41, 5.74) is -0.840. The van der Waals surface area contributed by atoms with Crippen molar-refractivity contribution < 1.29 is 40.8 Å². The molecule has 4 amide bonds. The fourth-order valence-corrected chi connectivity index (χ4v) is 7.61. The Hall–Kier alpha value is -4.24. The van der Waals surface area contributed by atoms with Gasteiger partial charge in [0, 0.05) is 18.0 Å². The maximum atomic E-state index is 14.2. The summed E-state index contributed by atoms with van der Waals surface area (Å²) in [5.74, 6) is -4.51. The molecule has 1 fully saturated rings. The normalized spacial score (nSPS) is 16.5. The lowest BCUT2D eigenvalue weighted by molar-refractivity contribution is -0.174. The molecular weight excluding hydrogens is 724 g/mol. The van der Waals surface area contributed by atoms with Gasteiger partial charge in [0.15, 0.2) is 0 Å². The molecule has 11 nitrogen and oxygen atoms in total. The van der Waals surface area contributed by atoms with Gasteiger partial charge in [0.2, 0.25) is 21.8 Å². The maximum Gasteiger partial charge on any atom is 0.471 e. The molecule has 1 aliphatic rings. The third kappa shape index (κ3) is 10.9. The van der Waals surface area contributed by atoms with Crippen LogP contribution in [0.1, 0.15) is 84.9 Å². The highest BCUT2D eigenvalue weighted by atomic mass is 32.2. The first-order valence-electron chi connectivity index (χ1n) is 17.8. The highest BCUT2D eigenvalue weighted by Gasteiger charge is 2.51. The molecule has 0 heterocycles. The summed E-state index contributed by atoms with van der Waals surface area (Å²) in [5, 5.41) is 8.11. The summed E-state index contributed by atoms with van der Waals surface area (Å²) in [6.45, 7) is 14.5. The van der Waals surface area contributed by atoms with Gasteiger partial charge in [-0.3, -0.25) is 19.2 Å². The van der Waals surface area contributed by atoms with E-state index in [1.54, 1.807) is 14.1 Å². The first kappa shape index (κ1) is 44.2. The quantitative estimate of drug-likeness (QED) is 0.189. The van der Waals surface area contributed by atoms with Crippen molar-refractivity contribution in [1.82, 2.24) is 25.6 Å². The number of alkyl halides is 3. The van der Waals surface area contributed by atoms with Crippen LogP contribution in [0.25, 0.3) is 0 Å². The van der Waals surface area contributed by atoms with Gasteiger partial charge in [0.1, 0.15) is 6.04 Å². The molecule has 0 radical (unpaired) electrons. The van der Waals surface area contributed by atoms with E-state index in [0.29, 0.717) is 18.4 Å². The molecule has 0 spiro atoms. The molecule has 0 saturated heterocycles. The minimum absolute atomic E-state index is 0.0413. The average Bonchev–Trinajstić information content (AvgIpc) is 3.85. The largest absolute Gasteiger partial charge is 0.471 e. The van der Waals surface area contributed by atoms with Crippen LogP contribution in [0.15, 0.2) is 66.2 Å². The molecule has 0 aromatic heterocycles.